The van der Waals surface area contributed by atoms with Crippen LogP contribution < -0.4 is 9.04 Å². The summed E-state index contributed by atoms with van der Waals surface area (Å²) < 4.78 is 48.4. The van der Waals surface area contributed by atoms with E-state index in [1.54, 1.807) is 18.2 Å². The third-order valence-corrected chi connectivity index (χ3v) is 7.92. The summed E-state index contributed by atoms with van der Waals surface area (Å²) >= 11 is 0.941. The molecule has 2 atom stereocenters. The molecule has 2 unspecified atom stereocenters. The molecule has 0 bridgehead atoms. The highest BCUT2D eigenvalue weighted by molar-refractivity contribution is 8.01. The summed E-state index contributed by atoms with van der Waals surface area (Å²) in [4.78, 5) is 48.1. The minimum Gasteiger partial charge on any atom is -0.489 e. The highest BCUT2D eigenvalue weighted by atomic mass is 32.2. The zero-order valence-electron chi connectivity index (χ0n) is 22.0. The first-order chi connectivity index (χ1) is 19.6. The molecule has 2 aromatic heterocycles. The number of fused-ring (bicyclic) bond motifs is 1. The number of carbonyl (C=O) groups excluding carboxylic acids is 3. The summed E-state index contributed by atoms with van der Waals surface area (Å²) in [6.07, 6.45) is -2.39. The Balaban J connectivity index is 1.55. The van der Waals surface area contributed by atoms with Crippen LogP contribution in [-0.2, 0) is 11.4 Å². The predicted molar refractivity (Wildman–Crippen MR) is 149 cm³/mol. The Morgan fingerprint density at radius 2 is 1.85 bits per heavy atom. The number of rotatable bonds is 8. The second-order valence-corrected chi connectivity index (χ2v) is 10.7. The highest BCUT2D eigenvalue weighted by Crippen LogP contribution is 2.42. The molecule has 2 aromatic carbocycles. The van der Waals surface area contributed by atoms with Crippen LogP contribution in [0.2, 0.25) is 0 Å². The summed E-state index contributed by atoms with van der Waals surface area (Å²) in [5.41, 5.74) is 1.47. The lowest BCUT2D eigenvalue weighted by Crippen LogP contribution is -2.47. The Morgan fingerprint density at radius 1 is 1.10 bits per heavy atom. The summed E-state index contributed by atoms with van der Waals surface area (Å²) in [5.74, 6) is -4.32. The zero-order chi connectivity index (χ0) is 29.3. The maximum Gasteiger partial charge on any atom is 0.452 e. The lowest BCUT2D eigenvalue weighted by molar-refractivity contribution is -0.172. The number of ketones is 2. The van der Waals surface area contributed by atoms with E-state index in [0.29, 0.717) is 16.7 Å². The Hall–Kier alpha value is -4.32. The topological polar surface area (TPSA) is 95.6 Å². The maximum absolute atomic E-state index is 14.1. The second kappa shape index (κ2) is 11.3. The minimum atomic E-state index is -5.18. The van der Waals surface area contributed by atoms with Crippen LogP contribution in [0.1, 0.15) is 26.4 Å². The molecule has 1 aliphatic heterocycles. The molecule has 0 radical (unpaired) electrons. The van der Waals surface area contributed by atoms with E-state index in [2.05, 4.69) is 9.97 Å². The van der Waals surface area contributed by atoms with E-state index in [4.69, 9.17) is 4.74 Å². The molecule has 0 aliphatic carbocycles. The number of nitrogens with one attached hydrogen (secondary N) is 1. The summed E-state index contributed by atoms with van der Waals surface area (Å²) in [7, 11) is 3.00. The van der Waals surface area contributed by atoms with Crippen molar-refractivity contribution >= 4 is 46.0 Å². The van der Waals surface area contributed by atoms with Gasteiger partial charge in [0.25, 0.3) is 11.7 Å². The third-order valence-electron chi connectivity index (χ3n) is 6.70. The minimum absolute atomic E-state index is 0.0630. The van der Waals surface area contributed by atoms with E-state index in [0.717, 1.165) is 17.5 Å². The van der Waals surface area contributed by atoms with Crippen LogP contribution in [0, 0.1) is 5.92 Å². The average Bonchev–Trinajstić information content (AvgIpc) is 3.57. The molecule has 8 nitrogen and oxygen atoms in total. The van der Waals surface area contributed by atoms with Crippen LogP contribution in [0.5, 0.6) is 5.75 Å². The normalized spacial score (nSPS) is 17.0. The van der Waals surface area contributed by atoms with Crippen molar-refractivity contribution < 1.29 is 32.3 Å². The number of Topliss-reactive ketones (excluding diaryl/α,β-unsaturated/α-hetero) is 2. The van der Waals surface area contributed by atoms with Crippen molar-refractivity contribution in [3.63, 3.8) is 0 Å². The van der Waals surface area contributed by atoms with Gasteiger partial charge in [0.2, 0.25) is 0 Å². The number of pyridine rings is 1. The van der Waals surface area contributed by atoms with E-state index in [1.165, 1.54) is 47.8 Å². The number of carbonyl (C=O) groups is 3. The first-order valence-electron chi connectivity index (χ1n) is 12.6. The number of aromatic amines is 1. The molecular weight excluding hydrogens is 557 g/mol. The smallest absolute Gasteiger partial charge is 0.452 e. The standard InChI is InChI=1S/C29H25F3N4O4S/c1-35(2)28(39)24-23(20-11-10-19(13-22(20)34-24)40-15-17-7-4-3-5-8-17)26(37)21-16-41-36(18-9-6-12-33-14-18)25(21)27(38)29(30,31)32/h3-14,21,25,34H,15-16H2,1-2H3. The molecule has 4 aromatic rings. The molecule has 3 heterocycles. The van der Waals surface area contributed by atoms with Crippen molar-refractivity contribution in [2.45, 2.75) is 18.8 Å². The molecule has 5 rings (SSSR count). The fraction of sp³-hybridized carbons (Fsp3) is 0.241. The highest BCUT2D eigenvalue weighted by Gasteiger charge is 2.54. The molecular formula is C29H25F3N4O4S. The van der Waals surface area contributed by atoms with Crippen molar-refractivity contribution in [1.82, 2.24) is 14.9 Å². The van der Waals surface area contributed by atoms with E-state index in [-0.39, 0.29) is 29.3 Å². The Kier molecular flexibility index (Phi) is 7.76. The molecule has 1 N–H and O–H groups in total. The monoisotopic (exact) mass is 582 g/mol. The second-order valence-electron chi connectivity index (χ2n) is 9.67. The van der Waals surface area contributed by atoms with Gasteiger partial charge in [0, 0.05) is 37.5 Å². The number of aromatic nitrogens is 2. The number of nitrogens with zero attached hydrogens (tertiary/aromatic N) is 3. The van der Waals surface area contributed by atoms with Crippen LogP contribution >= 0.6 is 11.9 Å². The van der Waals surface area contributed by atoms with Crippen LogP contribution in [0.15, 0.2) is 73.1 Å². The Labute approximate surface area is 237 Å². The van der Waals surface area contributed by atoms with Crippen LogP contribution in [0.3, 0.4) is 0 Å². The number of ether oxygens (including phenoxy) is 1. The van der Waals surface area contributed by atoms with Crippen LogP contribution in [-0.4, -0.2) is 64.4 Å². The van der Waals surface area contributed by atoms with E-state index in [1.807, 2.05) is 30.3 Å². The van der Waals surface area contributed by atoms with Gasteiger partial charge >= 0.3 is 6.18 Å². The van der Waals surface area contributed by atoms with Gasteiger partial charge in [0.15, 0.2) is 5.78 Å². The largest absolute Gasteiger partial charge is 0.489 e. The van der Waals surface area contributed by atoms with Crippen molar-refractivity contribution in [3.05, 3.63) is 89.9 Å². The predicted octanol–water partition coefficient (Wildman–Crippen LogP) is 5.31. The number of hydrogen-bond donors (Lipinski definition) is 1. The number of halogens is 3. The SMILES string of the molecule is CN(C)C(=O)c1[nH]c2cc(OCc3ccccc3)ccc2c1C(=O)C1CSN(c2cccnc2)C1C(=O)C(F)(F)F. The third kappa shape index (κ3) is 5.64. The fourth-order valence-corrected chi connectivity index (χ4v) is 6.04. The summed E-state index contributed by atoms with van der Waals surface area (Å²) in [6, 6.07) is 15.5. The molecule has 0 saturated carbocycles. The number of H-pyrrole nitrogens is 1. The van der Waals surface area contributed by atoms with Crippen molar-refractivity contribution in [1.29, 1.82) is 0 Å². The fourth-order valence-electron chi connectivity index (χ4n) is 4.72. The van der Waals surface area contributed by atoms with Gasteiger partial charge in [-0.1, -0.05) is 30.3 Å². The van der Waals surface area contributed by atoms with Gasteiger partial charge in [-0.25, -0.2) is 0 Å². The van der Waals surface area contributed by atoms with Gasteiger partial charge in [-0.15, -0.1) is 0 Å². The molecule has 12 heteroatoms. The molecule has 1 aliphatic rings. The van der Waals surface area contributed by atoms with Crippen molar-refractivity contribution in [3.8, 4) is 5.75 Å². The first kappa shape index (κ1) is 28.2. The number of hydrogen-bond acceptors (Lipinski definition) is 7. The van der Waals surface area contributed by atoms with Gasteiger partial charge < -0.3 is 18.9 Å². The summed E-state index contributed by atoms with van der Waals surface area (Å²) in [6.45, 7) is 0.285. The number of amides is 1. The average molecular weight is 583 g/mol. The van der Waals surface area contributed by atoms with Crippen molar-refractivity contribution in [2.24, 2.45) is 5.92 Å². The number of benzene rings is 2. The van der Waals surface area contributed by atoms with Crippen molar-refractivity contribution in [2.75, 3.05) is 24.2 Å². The molecule has 1 fully saturated rings. The van der Waals surface area contributed by atoms with E-state index >= 15 is 0 Å². The number of anilines is 1. The maximum atomic E-state index is 14.1. The van der Waals surface area contributed by atoms with Gasteiger partial charge in [-0.2, -0.15) is 13.2 Å². The zero-order valence-corrected chi connectivity index (χ0v) is 22.8. The first-order valence-corrected chi connectivity index (χ1v) is 13.5. The van der Waals surface area contributed by atoms with Gasteiger partial charge in [-0.3, -0.25) is 19.4 Å². The lowest BCUT2D eigenvalue weighted by Gasteiger charge is -2.27. The Morgan fingerprint density at radius 3 is 2.51 bits per heavy atom. The molecule has 1 saturated heterocycles. The Bertz CT molecular complexity index is 1590. The van der Waals surface area contributed by atoms with Gasteiger partial charge in [0.1, 0.15) is 24.1 Å². The van der Waals surface area contributed by atoms with Crippen LogP contribution in [0.4, 0.5) is 18.9 Å². The molecule has 41 heavy (non-hydrogen) atoms. The van der Waals surface area contributed by atoms with Gasteiger partial charge in [0.05, 0.1) is 28.9 Å². The van der Waals surface area contributed by atoms with E-state index < -0.39 is 35.6 Å². The van der Waals surface area contributed by atoms with Gasteiger partial charge in [-0.05, 0) is 41.8 Å². The molecule has 1 amide bonds. The summed E-state index contributed by atoms with van der Waals surface area (Å²) in [5, 5.41) is 0.343. The van der Waals surface area contributed by atoms with E-state index in [9.17, 15) is 27.6 Å². The number of alkyl halides is 3. The lowest BCUT2D eigenvalue weighted by atomic mass is 9.88. The molecule has 0 spiro atoms. The molecule has 212 valence electrons. The quantitative estimate of drug-likeness (QED) is 0.222. The van der Waals surface area contributed by atoms with Crippen LogP contribution in [0.25, 0.3) is 10.9 Å².